The van der Waals surface area contributed by atoms with E-state index in [1.165, 1.54) is 0 Å². The third-order valence-electron chi connectivity index (χ3n) is 1.86. The summed E-state index contributed by atoms with van der Waals surface area (Å²) in [6.45, 7) is 2.03. The van der Waals surface area contributed by atoms with E-state index < -0.39 is 0 Å². The second kappa shape index (κ2) is 9.47. The van der Waals surface area contributed by atoms with Gasteiger partial charge in [-0.1, -0.05) is 0 Å². The zero-order valence-corrected chi connectivity index (χ0v) is 10.8. The molecule has 0 aromatic heterocycles. The van der Waals surface area contributed by atoms with Gasteiger partial charge in [0, 0.05) is 18.8 Å². The molecule has 0 aromatic carbocycles. The number of nitrogens with zero attached hydrogens (tertiary/aromatic N) is 1. The number of carbonyl (C=O) groups excluding carboxylic acids is 2. The predicted molar refractivity (Wildman–Crippen MR) is 67.7 cm³/mol. The summed E-state index contributed by atoms with van der Waals surface area (Å²) in [5.41, 5.74) is 0. The number of thiol groups is 1. The summed E-state index contributed by atoms with van der Waals surface area (Å²) < 4.78 is 0. The molecule has 0 aromatic rings. The molecule has 94 valence electrons. The molecule has 0 aliphatic carbocycles. The molecule has 0 bridgehead atoms. The molecule has 0 aliphatic heterocycles. The third-order valence-corrected chi connectivity index (χ3v) is 2.08. The van der Waals surface area contributed by atoms with Gasteiger partial charge in [0.1, 0.15) is 6.42 Å². The molecule has 0 radical (unpaired) electrons. The van der Waals surface area contributed by atoms with Crippen molar-refractivity contribution in [1.82, 2.24) is 15.5 Å². The van der Waals surface area contributed by atoms with Gasteiger partial charge in [0.05, 0.1) is 0 Å². The Kier molecular flexibility index (Phi) is 9.03. The lowest BCUT2D eigenvalue weighted by molar-refractivity contribution is -0.129. The fraction of sp³-hybridized carbons (Fsp3) is 0.800. The first-order chi connectivity index (χ1) is 7.56. The molecule has 5 nitrogen and oxygen atoms in total. The van der Waals surface area contributed by atoms with Crippen LogP contribution in [-0.4, -0.2) is 56.2 Å². The van der Waals surface area contributed by atoms with Crippen LogP contribution in [0, 0.1) is 0 Å². The summed E-state index contributed by atoms with van der Waals surface area (Å²) >= 11 is 3.95. The fourth-order valence-electron chi connectivity index (χ4n) is 1.09. The van der Waals surface area contributed by atoms with E-state index in [0.29, 0.717) is 18.8 Å². The maximum absolute atomic E-state index is 11.3. The van der Waals surface area contributed by atoms with Gasteiger partial charge in [-0.3, -0.25) is 9.59 Å². The number of nitrogens with one attached hydrogen (secondary N) is 2. The summed E-state index contributed by atoms with van der Waals surface area (Å²) in [5.74, 6) is 0.102. The minimum atomic E-state index is -0.251. The van der Waals surface area contributed by atoms with Crippen molar-refractivity contribution in [3.05, 3.63) is 0 Å². The second-order valence-electron chi connectivity index (χ2n) is 3.76. The fourth-order valence-corrected chi connectivity index (χ4v) is 1.20. The summed E-state index contributed by atoms with van der Waals surface area (Å²) in [6.07, 6.45) is 0.784. The smallest absolute Gasteiger partial charge is 0.229 e. The third kappa shape index (κ3) is 9.79. The van der Waals surface area contributed by atoms with E-state index in [9.17, 15) is 9.59 Å². The van der Waals surface area contributed by atoms with Crippen molar-refractivity contribution in [2.75, 3.05) is 39.5 Å². The molecule has 0 fully saturated rings. The molecule has 0 rings (SSSR count). The summed E-state index contributed by atoms with van der Waals surface area (Å²) in [7, 11) is 3.96. The van der Waals surface area contributed by atoms with Gasteiger partial charge in [0.25, 0.3) is 0 Å². The Morgan fingerprint density at radius 3 is 2.19 bits per heavy atom. The SMILES string of the molecule is CN(C)CCCNC(=O)CC(=O)NCCS. The van der Waals surface area contributed by atoms with Crippen molar-refractivity contribution in [2.24, 2.45) is 0 Å². The number of carbonyl (C=O) groups is 2. The van der Waals surface area contributed by atoms with Crippen LogP contribution in [0.1, 0.15) is 12.8 Å². The molecular weight excluding hydrogens is 226 g/mol. The highest BCUT2D eigenvalue weighted by Crippen LogP contribution is 1.84. The molecule has 16 heavy (non-hydrogen) atoms. The summed E-state index contributed by atoms with van der Waals surface area (Å²) in [5, 5.41) is 5.29. The quantitative estimate of drug-likeness (QED) is 0.308. The van der Waals surface area contributed by atoms with Crippen molar-refractivity contribution in [2.45, 2.75) is 12.8 Å². The predicted octanol–water partition coefficient (Wildman–Crippen LogP) is -0.510. The zero-order chi connectivity index (χ0) is 12.4. The van der Waals surface area contributed by atoms with E-state index in [0.717, 1.165) is 13.0 Å². The molecule has 2 N–H and O–H groups in total. The molecule has 0 spiro atoms. The van der Waals surface area contributed by atoms with Crippen LogP contribution in [0.15, 0.2) is 0 Å². The minimum Gasteiger partial charge on any atom is -0.356 e. The maximum Gasteiger partial charge on any atom is 0.229 e. The van der Waals surface area contributed by atoms with Gasteiger partial charge in [0.2, 0.25) is 11.8 Å². The topological polar surface area (TPSA) is 61.4 Å². The van der Waals surface area contributed by atoms with Gasteiger partial charge < -0.3 is 15.5 Å². The van der Waals surface area contributed by atoms with Crippen LogP contribution >= 0.6 is 12.6 Å². The normalized spacial score (nSPS) is 10.2. The molecule has 0 saturated heterocycles. The van der Waals surface area contributed by atoms with Gasteiger partial charge in [-0.25, -0.2) is 0 Å². The van der Waals surface area contributed by atoms with E-state index in [1.807, 2.05) is 19.0 Å². The largest absolute Gasteiger partial charge is 0.356 e. The Labute approximate surface area is 102 Å². The van der Waals surface area contributed by atoms with Gasteiger partial charge in [-0.05, 0) is 27.1 Å². The molecule has 0 unspecified atom stereocenters. The summed E-state index contributed by atoms with van der Waals surface area (Å²) in [4.78, 5) is 24.4. The highest BCUT2D eigenvalue weighted by Gasteiger charge is 2.07. The Morgan fingerprint density at radius 1 is 1.12 bits per heavy atom. The van der Waals surface area contributed by atoms with Gasteiger partial charge >= 0.3 is 0 Å². The first kappa shape index (κ1) is 15.2. The van der Waals surface area contributed by atoms with E-state index in [4.69, 9.17) is 0 Å². The maximum atomic E-state index is 11.3. The van der Waals surface area contributed by atoms with Crippen molar-refractivity contribution in [3.63, 3.8) is 0 Å². The Balaban J connectivity index is 3.47. The average Bonchev–Trinajstić information content (AvgIpc) is 2.21. The molecular formula is C10H21N3O2S. The summed E-state index contributed by atoms with van der Waals surface area (Å²) in [6, 6.07) is 0. The van der Waals surface area contributed by atoms with Crippen LogP contribution in [-0.2, 0) is 9.59 Å². The van der Waals surface area contributed by atoms with Crippen molar-refractivity contribution in [3.8, 4) is 0 Å². The lowest BCUT2D eigenvalue weighted by atomic mass is 10.3. The first-order valence-electron chi connectivity index (χ1n) is 5.35. The second-order valence-corrected chi connectivity index (χ2v) is 4.20. The van der Waals surface area contributed by atoms with Crippen molar-refractivity contribution in [1.29, 1.82) is 0 Å². The molecule has 0 heterocycles. The van der Waals surface area contributed by atoms with Gasteiger partial charge in [-0.2, -0.15) is 12.6 Å². The highest BCUT2D eigenvalue weighted by atomic mass is 32.1. The van der Waals surface area contributed by atoms with E-state index >= 15 is 0 Å². The zero-order valence-electron chi connectivity index (χ0n) is 9.95. The molecule has 0 aliphatic rings. The number of amides is 2. The lowest BCUT2D eigenvalue weighted by Gasteiger charge is -2.09. The molecule has 6 heteroatoms. The molecule has 0 atom stereocenters. The van der Waals surface area contributed by atoms with Crippen LogP contribution in [0.3, 0.4) is 0 Å². The molecule has 0 saturated carbocycles. The Bertz CT molecular complexity index is 222. The Hall–Kier alpha value is -0.750. The monoisotopic (exact) mass is 247 g/mol. The minimum absolute atomic E-state index is 0.101. The Morgan fingerprint density at radius 2 is 1.69 bits per heavy atom. The van der Waals surface area contributed by atoms with E-state index in [2.05, 4.69) is 23.3 Å². The lowest BCUT2D eigenvalue weighted by Crippen LogP contribution is -2.33. The number of rotatable bonds is 8. The highest BCUT2D eigenvalue weighted by molar-refractivity contribution is 7.80. The standard InChI is InChI=1S/C10H21N3O2S/c1-13(2)6-3-4-11-9(14)8-10(15)12-5-7-16/h16H,3-8H2,1-2H3,(H,11,14)(H,12,15). The van der Waals surface area contributed by atoms with E-state index in [1.54, 1.807) is 0 Å². The number of hydrogen-bond donors (Lipinski definition) is 3. The van der Waals surface area contributed by atoms with Crippen molar-refractivity contribution < 1.29 is 9.59 Å². The van der Waals surface area contributed by atoms with Crippen LogP contribution in [0.5, 0.6) is 0 Å². The number of hydrogen-bond acceptors (Lipinski definition) is 4. The van der Waals surface area contributed by atoms with Gasteiger partial charge in [-0.15, -0.1) is 0 Å². The van der Waals surface area contributed by atoms with E-state index in [-0.39, 0.29) is 18.2 Å². The van der Waals surface area contributed by atoms with Crippen molar-refractivity contribution >= 4 is 24.4 Å². The average molecular weight is 247 g/mol. The van der Waals surface area contributed by atoms with Crippen LogP contribution in [0.4, 0.5) is 0 Å². The van der Waals surface area contributed by atoms with Crippen LogP contribution in [0.2, 0.25) is 0 Å². The van der Waals surface area contributed by atoms with Crippen LogP contribution < -0.4 is 10.6 Å². The van der Waals surface area contributed by atoms with Gasteiger partial charge in [0.15, 0.2) is 0 Å². The van der Waals surface area contributed by atoms with Crippen LogP contribution in [0.25, 0.3) is 0 Å². The molecule has 2 amide bonds. The first-order valence-corrected chi connectivity index (χ1v) is 5.98.